The third-order valence-electron chi connectivity index (χ3n) is 4.04. The van der Waals surface area contributed by atoms with Crippen molar-refractivity contribution in [2.45, 2.75) is 20.1 Å². The molecule has 2 aromatic rings. The molecule has 0 atom stereocenters. The second-order valence-electron chi connectivity index (χ2n) is 5.61. The first kappa shape index (κ1) is 20.7. The van der Waals surface area contributed by atoms with Crippen LogP contribution in [0.4, 0.5) is 0 Å². The van der Waals surface area contributed by atoms with E-state index in [0.717, 1.165) is 11.1 Å². The molecule has 0 spiro atoms. The second-order valence-corrected chi connectivity index (χ2v) is 5.61. The van der Waals surface area contributed by atoms with Crippen molar-refractivity contribution in [3.05, 3.63) is 47.5 Å². The molecule has 27 heavy (non-hydrogen) atoms. The molecule has 146 valence electrons. The quantitative estimate of drug-likeness (QED) is 0.483. The van der Waals surface area contributed by atoms with Crippen LogP contribution in [-0.4, -0.2) is 40.5 Å². The van der Waals surface area contributed by atoms with Gasteiger partial charge in [0.1, 0.15) is 11.5 Å². The van der Waals surface area contributed by atoms with Crippen molar-refractivity contribution in [2.75, 3.05) is 34.5 Å². The van der Waals surface area contributed by atoms with E-state index in [-0.39, 0.29) is 0 Å². The number of benzene rings is 2. The van der Waals surface area contributed by atoms with Crippen LogP contribution < -0.4 is 9.47 Å². The van der Waals surface area contributed by atoms with Gasteiger partial charge in [-0.2, -0.15) is 0 Å². The summed E-state index contributed by atoms with van der Waals surface area (Å²) in [5.74, 6) is 0.837. The molecule has 0 aliphatic heterocycles. The summed E-state index contributed by atoms with van der Waals surface area (Å²) in [6.07, 6.45) is -0.487. The van der Waals surface area contributed by atoms with Crippen LogP contribution in [0.3, 0.4) is 0 Å². The summed E-state index contributed by atoms with van der Waals surface area (Å²) in [6.45, 7) is 4.87. The van der Waals surface area contributed by atoms with Gasteiger partial charge in [0.05, 0.1) is 26.9 Å². The summed E-state index contributed by atoms with van der Waals surface area (Å²) in [6, 6.07) is 10.8. The lowest BCUT2D eigenvalue weighted by atomic mass is 9.98. The fourth-order valence-corrected chi connectivity index (χ4v) is 2.79. The van der Waals surface area contributed by atoms with E-state index in [2.05, 4.69) is 0 Å². The molecular weight excluding hydrogens is 348 g/mol. The molecule has 0 N–H and O–H groups in total. The molecule has 0 saturated heterocycles. The number of carbonyl (C=O) groups excluding carboxylic acids is 1. The Morgan fingerprint density at radius 2 is 1.41 bits per heavy atom. The highest BCUT2D eigenvalue weighted by atomic mass is 16.7. The normalized spacial score (nSPS) is 10.7. The monoisotopic (exact) mass is 374 g/mol. The molecule has 0 aliphatic rings. The summed E-state index contributed by atoms with van der Waals surface area (Å²) < 4.78 is 27.3. The summed E-state index contributed by atoms with van der Waals surface area (Å²) >= 11 is 0. The third kappa shape index (κ3) is 4.78. The zero-order valence-electron chi connectivity index (χ0n) is 16.4. The highest BCUT2D eigenvalue weighted by Gasteiger charge is 2.19. The molecule has 0 bridgehead atoms. The van der Waals surface area contributed by atoms with Gasteiger partial charge in [0.2, 0.25) is 0 Å². The molecule has 0 aliphatic carbocycles. The van der Waals surface area contributed by atoms with Gasteiger partial charge in [-0.25, -0.2) is 4.79 Å². The minimum atomic E-state index is -0.487. The van der Waals surface area contributed by atoms with E-state index in [1.165, 1.54) is 7.11 Å². The molecule has 0 heterocycles. The highest BCUT2D eigenvalue weighted by Crippen LogP contribution is 2.39. The Balaban J connectivity index is 2.61. The van der Waals surface area contributed by atoms with Crippen LogP contribution in [0.25, 0.3) is 11.1 Å². The second kappa shape index (κ2) is 9.94. The predicted octanol–water partition coefficient (Wildman–Crippen LogP) is 4.23. The minimum absolute atomic E-state index is 0.421. The highest BCUT2D eigenvalue weighted by molar-refractivity contribution is 5.92. The van der Waals surface area contributed by atoms with Gasteiger partial charge < -0.3 is 23.7 Å². The SMILES string of the molecule is CCOC(OCC)c1ccc(OC)c(-c2cc(C(=O)OC)ccc2OC)c1. The maximum absolute atomic E-state index is 12.0. The maximum Gasteiger partial charge on any atom is 0.337 e. The number of rotatable bonds is 9. The van der Waals surface area contributed by atoms with Crippen LogP contribution in [0.5, 0.6) is 11.5 Å². The minimum Gasteiger partial charge on any atom is -0.496 e. The standard InChI is InChI=1S/C21H26O6/c1-6-26-21(27-7-2)15-9-11-19(24-4)17(13-15)16-12-14(20(22)25-5)8-10-18(16)23-3/h8-13,21H,6-7H2,1-5H3. The Kier molecular flexibility index (Phi) is 7.64. The number of hydrogen-bond donors (Lipinski definition) is 0. The smallest absolute Gasteiger partial charge is 0.337 e. The van der Waals surface area contributed by atoms with Crippen molar-refractivity contribution in [1.29, 1.82) is 0 Å². The van der Waals surface area contributed by atoms with E-state index in [1.807, 2.05) is 32.0 Å². The predicted molar refractivity (Wildman–Crippen MR) is 102 cm³/mol. The van der Waals surface area contributed by atoms with Crippen molar-refractivity contribution in [2.24, 2.45) is 0 Å². The topological polar surface area (TPSA) is 63.2 Å². The number of carbonyl (C=O) groups is 1. The molecule has 2 aromatic carbocycles. The molecule has 6 heteroatoms. The van der Waals surface area contributed by atoms with Gasteiger partial charge in [-0.15, -0.1) is 0 Å². The first-order valence-corrected chi connectivity index (χ1v) is 8.77. The van der Waals surface area contributed by atoms with Gasteiger partial charge in [-0.3, -0.25) is 0 Å². The van der Waals surface area contributed by atoms with E-state index < -0.39 is 12.3 Å². The van der Waals surface area contributed by atoms with Crippen LogP contribution in [0.2, 0.25) is 0 Å². The Morgan fingerprint density at radius 1 is 0.852 bits per heavy atom. The van der Waals surface area contributed by atoms with Crippen molar-refractivity contribution in [3.63, 3.8) is 0 Å². The fraction of sp³-hybridized carbons (Fsp3) is 0.381. The molecule has 0 saturated carbocycles. The van der Waals surface area contributed by atoms with E-state index in [1.54, 1.807) is 32.4 Å². The lowest BCUT2D eigenvalue weighted by Crippen LogP contribution is -2.09. The van der Waals surface area contributed by atoms with Crippen molar-refractivity contribution in [1.82, 2.24) is 0 Å². The average Bonchev–Trinajstić information content (AvgIpc) is 2.72. The number of ether oxygens (including phenoxy) is 5. The molecule has 0 aromatic heterocycles. The van der Waals surface area contributed by atoms with E-state index >= 15 is 0 Å². The molecule has 2 rings (SSSR count). The number of esters is 1. The first-order chi connectivity index (χ1) is 13.1. The van der Waals surface area contributed by atoms with Crippen LogP contribution in [0, 0.1) is 0 Å². The van der Waals surface area contributed by atoms with Crippen LogP contribution in [0.1, 0.15) is 36.1 Å². The Bertz CT molecular complexity index is 765. The zero-order chi connectivity index (χ0) is 19.8. The molecule has 0 unspecified atom stereocenters. The van der Waals surface area contributed by atoms with Crippen LogP contribution in [-0.2, 0) is 14.2 Å². The van der Waals surface area contributed by atoms with E-state index in [0.29, 0.717) is 35.8 Å². The first-order valence-electron chi connectivity index (χ1n) is 8.77. The fourth-order valence-electron chi connectivity index (χ4n) is 2.79. The largest absolute Gasteiger partial charge is 0.496 e. The maximum atomic E-state index is 12.0. The van der Waals surface area contributed by atoms with E-state index in [9.17, 15) is 4.79 Å². The summed E-state index contributed by atoms with van der Waals surface area (Å²) in [5.41, 5.74) is 2.75. The van der Waals surface area contributed by atoms with E-state index in [4.69, 9.17) is 23.7 Å². The molecule has 0 fully saturated rings. The lowest BCUT2D eigenvalue weighted by Gasteiger charge is -2.20. The van der Waals surface area contributed by atoms with Crippen molar-refractivity contribution < 1.29 is 28.5 Å². The zero-order valence-corrected chi connectivity index (χ0v) is 16.4. The van der Waals surface area contributed by atoms with Gasteiger partial charge >= 0.3 is 5.97 Å². The van der Waals surface area contributed by atoms with Gasteiger partial charge in [0.25, 0.3) is 0 Å². The third-order valence-corrected chi connectivity index (χ3v) is 4.04. The van der Waals surface area contributed by atoms with Crippen molar-refractivity contribution >= 4 is 5.97 Å². The Labute approximate surface area is 160 Å². The summed E-state index contributed by atoms with van der Waals surface area (Å²) in [7, 11) is 4.52. The van der Waals surface area contributed by atoms with Crippen molar-refractivity contribution in [3.8, 4) is 22.6 Å². The van der Waals surface area contributed by atoms with Gasteiger partial charge in [0.15, 0.2) is 6.29 Å². The van der Waals surface area contributed by atoms with Gasteiger partial charge in [-0.05, 0) is 44.2 Å². The Morgan fingerprint density at radius 3 is 1.93 bits per heavy atom. The number of hydrogen-bond acceptors (Lipinski definition) is 6. The summed E-state index contributed by atoms with van der Waals surface area (Å²) in [4.78, 5) is 12.0. The van der Waals surface area contributed by atoms with Gasteiger partial charge in [-0.1, -0.05) is 6.07 Å². The van der Waals surface area contributed by atoms with Crippen LogP contribution in [0.15, 0.2) is 36.4 Å². The Hall–Kier alpha value is -2.57. The molecular formula is C21H26O6. The molecule has 0 amide bonds. The molecule has 6 nitrogen and oxygen atoms in total. The van der Waals surface area contributed by atoms with Gasteiger partial charge in [0, 0.05) is 29.9 Å². The lowest BCUT2D eigenvalue weighted by molar-refractivity contribution is -0.140. The van der Waals surface area contributed by atoms with Crippen LogP contribution >= 0.6 is 0 Å². The number of methoxy groups -OCH3 is 3. The average molecular weight is 374 g/mol. The molecule has 0 radical (unpaired) electrons. The summed E-state index contributed by atoms with van der Waals surface area (Å²) in [5, 5.41) is 0.